The maximum Gasteiger partial charge on any atom is 0.223 e. The molecule has 1 heterocycles. The summed E-state index contributed by atoms with van der Waals surface area (Å²) in [6, 6.07) is 5.63. The molecule has 1 fully saturated rings. The van der Waals surface area contributed by atoms with E-state index in [2.05, 4.69) is 25.2 Å². The number of hydrogen-bond donors (Lipinski definition) is 3. The first-order valence-electron chi connectivity index (χ1n) is 14.2. The molecule has 0 radical (unpaired) electrons. The molecule has 1 aromatic rings. The maximum absolute atomic E-state index is 12.9. The molecule has 0 saturated carbocycles. The number of nitrogens with two attached hydrogens (primary N) is 1. The average molecular weight is 537 g/mol. The van der Waals surface area contributed by atoms with E-state index in [4.69, 9.17) is 24.7 Å². The van der Waals surface area contributed by atoms with Gasteiger partial charge in [-0.1, -0.05) is 33.8 Å². The Morgan fingerprint density at radius 3 is 2.50 bits per heavy atom. The first-order chi connectivity index (χ1) is 18.2. The summed E-state index contributed by atoms with van der Waals surface area (Å²) in [5.74, 6) is 2.27. The van der Waals surface area contributed by atoms with Gasteiger partial charge >= 0.3 is 0 Å². The van der Waals surface area contributed by atoms with Crippen molar-refractivity contribution in [2.45, 2.75) is 71.9 Å². The largest absolute Gasteiger partial charge is 0.493 e. The van der Waals surface area contributed by atoms with Crippen LogP contribution in [0.5, 0.6) is 11.5 Å². The zero-order chi connectivity index (χ0) is 28.1. The quantitative estimate of drug-likeness (QED) is 0.245. The van der Waals surface area contributed by atoms with E-state index in [1.807, 2.05) is 26.0 Å². The summed E-state index contributed by atoms with van der Waals surface area (Å²) >= 11 is 0. The van der Waals surface area contributed by atoms with Gasteiger partial charge in [0.2, 0.25) is 5.91 Å². The van der Waals surface area contributed by atoms with E-state index >= 15 is 0 Å². The number of nitrogens with one attached hydrogen (secondary N) is 1. The molecule has 0 spiro atoms. The van der Waals surface area contributed by atoms with Crippen molar-refractivity contribution in [3.8, 4) is 11.5 Å². The molecule has 1 aliphatic heterocycles. The summed E-state index contributed by atoms with van der Waals surface area (Å²) in [4.78, 5) is 12.9. The normalized spacial score (nSPS) is 18.8. The Morgan fingerprint density at radius 1 is 1.13 bits per heavy atom. The number of rotatable bonds is 18. The fraction of sp³-hybridized carbons (Fsp3) is 0.767. The van der Waals surface area contributed by atoms with E-state index < -0.39 is 12.1 Å². The van der Waals surface area contributed by atoms with Crippen LogP contribution in [0.2, 0.25) is 0 Å². The maximum atomic E-state index is 12.9. The number of aliphatic hydroxyl groups is 1. The van der Waals surface area contributed by atoms with Crippen LogP contribution in [-0.2, 0) is 20.7 Å². The topological polar surface area (TPSA) is 112 Å². The molecule has 8 heteroatoms. The molecule has 5 atom stereocenters. The number of carbonyl (C=O) groups excluding carboxylic acids is 1. The number of benzene rings is 1. The molecule has 1 aromatic carbocycles. The highest BCUT2D eigenvalue weighted by molar-refractivity contribution is 5.78. The molecule has 4 N–H and O–H groups in total. The smallest absolute Gasteiger partial charge is 0.223 e. The van der Waals surface area contributed by atoms with Crippen LogP contribution in [0.4, 0.5) is 0 Å². The molecule has 1 amide bonds. The van der Waals surface area contributed by atoms with Crippen LogP contribution in [0.3, 0.4) is 0 Å². The van der Waals surface area contributed by atoms with Crippen LogP contribution in [0, 0.1) is 29.6 Å². The minimum atomic E-state index is -0.750. The van der Waals surface area contributed by atoms with E-state index in [0.29, 0.717) is 56.8 Å². The third kappa shape index (κ3) is 10.7. The Bertz CT molecular complexity index is 812. The van der Waals surface area contributed by atoms with Crippen LogP contribution < -0.4 is 20.5 Å². The molecule has 4 unspecified atom stereocenters. The first-order valence-corrected chi connectivity index (χ1v) is 14.2. The second-order valence-corrected chi connectivity index (χ2v) is 11.4. The molecule has 8 nitrogen and oxygen atoms in total. The highest BCUT2D eigenvalue weighted by Gasteiger charge is 2.30. The lowest BCUT2D eigenvalue weighted by Crippen LogP contribution is -2.43. The summed E-state index contributed by atoms with van der Waals surface area (Å²) in [6.07, 6.45) is 2.87. The monoisotopic (exact) mass is 536 g/mol. The summed E-state index contributed by atoms with van der Waals surface area (Å²) in [5, 5.41) is 14.1. The predicted octanol–water partition coefficient (Wildman–Crippen LogP) is 3.82. The predicted molar refractivity (Wildman–Crippen MR) is 150 cm³/mol. The van der Waals surface area contributed by atoms with E-state index in [1.165, 1.54) is 0 Å². The highest BCUT2D eigenvalue weighted by atomic mass is 16.5. The van der Waals surface area contributed by atoms with Crippen LogP contribution in [-0.4, -0.2) is 70.4 Å². The van der Waals surface area contributed by atoms with Crippen molar-refractivity contribution in [2.75, 3.05) is 47.2 Å². The van der Waals surface area contributed by atoms with Gasteiger partial charge in [0.1, 0.15) is 0 Å². The van der Waals surface area contributed by atoms with Gasteiger partial charge in [-0.25, -0.2) is 0 Å². The fourth-order valence-electron chi connectivity index (χ4n) is 4.98. The molecule has 1 aliphatic rings. The second kappa shape index (κ2) is 17.0. The van der Waals surface area contributed by atoms with E-state index in [1.54, 1.807) is 14.2 Å². The van der Waals surface area contributed by atoms with Crippen molar-refractivity contribution >= 4 is 5.91 Å². The second-order valence-electron chi connectivity index (χ2n) is 11.4. The van der Waals surface area contributed by atoms with Crippen LogP contribution in [0.25, 0.3) is 0 Å². The highest BCUT2D eigenvalue weighted by Crippen LogP contribution is 2.32. The minimum absolute atomic E-state index is 0.00480. The van der Waals surface area contributed by atoms with Crippen molar-refractivity contribution in [3.05, 3.63) is 23.8 Å². The summed E-state index contributed by atoms with van der Waals surface area (Å²) < 4.78 is 22.0. The Labute approximate surface area is 229 Å². The van der Waals surface area contributed by atoms with Crippen LogP contribution in [0.1, 0.15) is 58.9 Å². The molecule has 2 rings (SSSR count). The van der Waals surface area contributed by atoms with Gasteiger partial charge in [0.05, 0.1) is 26.4 Å². The number of aliphatic hydroxyl groups excluding tert-OH is 1. The van der Waals surface area contributed by atoms with Gasteiger partial charge in [-0.05, 0) is 61.1 Å². The fourth-order valence-corrected chi connectivity index (χ4v) is 4.98. The summed E-state index contributed by atoms with van der Waals surface area (Å²) in [7, 11) is 3.32. The molecular formula is C30H52N2O6. The van der Waals surface area contributed by atoms with Gasteiger partial charge in [-0.15, -0.1) is 0 Å². The van der Waals surface area contributed by atoms with Crippen LogP contribution in [0.15, 0.2) is 18.2 Å². The average Bonchev–Trinajstić information content (AvgIpc) is 3.41. The molecule has 218 valence electrons. The third-order valence-electron chi connectivity index (χ3n) is 7.71. The van der Waals surface area contributed by atoms with Gasteiger partial charge < -0.3 is 35.1 Å². The minimum Gasteiger partial charge on any atom is -0.493 e. The van der Waals surface area contributed by atoms with Gasteiger partial charge in [-0.3, -0.25) is 4.79 Å². The number of hydrogen-bond acceptors (Lipinski definition) is 7. The Morgan fingerprint density at radius 2 is 1.89 bits per heavy atom. The first kappa shape index (κ1) is 32.3. The van der Waals surface area contributed by atoms with Gasteiger partial charge in [-0.2, -0.15) is 0 Å². The molecule has 0 bridgehead atoms. The summed E-state index contributed by atoms with van der Waals surface area (Å²) in [6.45, 7) is 11.7. The van der Waals surface area contributed by atoms with E-state index in [9.17, 15) is 9.90 Å². The Balaban J connectivity index is 1.97. The summed E-state index contributed by atoms with van der Waals surface area (Å²) in [5.41, 5.74) is 7.69. The molecule has 38 heavy (non-hydrogen) atoms. The molecule has 0 aromatic heterocycles. The zero-order valence-electron chi connectivity index (χ0n) is 24.4. The number of ether oxygens (including phenoxy) is 4. The molecule has 0 aliphatic carbocycles. The van der Waals surface area contributed by atoms with Crippen molar-refractivity contribution in [3.63, 3.8) is 0 Å². The van der Waals surface area contributed by atoms with Crippen molar-refractivity contribution in [2.24, 2.45) is 35.3 Å². The zero-order valence-corrected chi connectivity index (χ0v) is 24.4. The van der Waals surface area contributed by atoms with Crippen LogP contribution >= 0.6 is 0 Å². The molecular weight excluding hydrogens is 484 g/mol. The lowest BCUT2D eigenvalue weighted by atomic mass is 9.80. The van der Waals surface area contributed by atoms with Gasteiger partial charge in [0, 0.05) is 51.2 Å². The lowest BCUT2D eigenvalue weighted by molar-refractivity contribution is -0.127. The van der Waals surface area contributed by atoms with E-state index in [-0.39, 0.29) is 23.7 Å². The van der Waals surface area contributed by atoms with E-state index in [0.717, 1.165) is 37.2 Å². The number of methoxy groups -OCH3 is 2. The standard InChI is InChI=1S/C30H52N2O6/c1-20(2)24(14-22-8-9-28(36-6)29(15-22)38-12-7-11-35-5)16-26(31)27(33)17-25(21(3)4)30(34)32-18-23-10-13-37-19-23/h8-9,15,20-21,23-27,33H,7,10-14,16-19,31H2,1-6H3,(H,32,34)/t23-,24?,25?,26?,27?/m1/s1. The Hall–Kier alpha value is -1.87. The number of amides is 1. The van der Waals surface area contributed by atoms with Crippen molar-refractivity contribution in [1.82, 2.24) is 5.32 Å². The van der Waals surface area contributed by atoms with Crippen molar-refractivity contribution in [1.29, 1.82) is 0 Å². The third-order valence-corrected chi connectivity index (χ3v) is 7.71. The molecule has 1 saturated heterocycles. The van der Waals surface area contributed by atoms with Gasteiger partial charge in [0.15, 0.2) is 11.5 Å². The number of carbonyl (C=O) groups is 1. The SMILES string of the molecule is COCCCOc1cc(CC(CC(N)C(O)CC(C(=O)NC[C@H]2CCOC2)C(C)C)C(C)C)ccc1OC. The van der Waals surface area contributed by atoms with Gasteiger partial charge in [0.25, 0.3) is 0 Å². The lowest BCUT2D eigenvalue weighted by Gasteiger charge is -2.30. The van der Waals surface area contributed by atoms with Crippen molar-refractivity contribution < 1.29 is 28.8 Å². The Kier molecular flexibility index (Phi) is 14.4.